The Morgan fingerprint density at radius 3 is 2.55 bits per heavy atom. The van der Waals surface area contributed by atoms with Crippen molar-refractivity contribution in [3.05, 3.63) is 53.6 Å². The van der Waals surface area contributed by atoms with Crippen molar-refractivity contribution in [1.82, 2.24) is 4.72 Å². The molecule has 2 fully saturated rings. The number of benzene rings is 2. The largest absolute Gasteiger partial charge is 0.378 e. The van der Waals surface area contributed by atoms with Crippen molar-refractivity contribution in [2.45, 2.75) is 30.7 Å². The zero-order chi connectivity index (χ0) is 20.4. The highest BCUT2D eigenvalue weighted by Gasteiger charge is 2.28. The van der Waals surface area contributed by atoms with Gasteiger partial charge in [-0.05, 0) is 61.7 Å². The normalized spacial score (nSPS) is 17.2. The van der Waals surface area contributed by atoms with Crippen LogP contribution in [0.25, 0.3) is 0 Å². The predicted molar refractivity (Wildman–Crippen MR) is 112 cm³/mol. The van der Waals surface area contributed by atoms with Crippen molar-refractivity contribution in [3.63, 3.8) is 0 Å². The third kappa shape index (κ3) is 4.77. The van der Waals surface area contributed by atoms with Crippen LogP contribution in [0, 0.1) is 6.92 Å². The molecule has 2 aromatic rings. The van der Waals surface area contributed by atoms with Crippen LogP contribution in [0.2, 0.25) is 0 Å². The fourth-order valence-electron chi connectivity index (χ4n) is 3.29. The van der Waals surface area contributed by atoms with Crippen LogP contribution in [0.4, 0.5) is 11.4 Å². The molecule has 0 atom stereocenters. The molecule has 1 saturated carbocycles. The minimum atomic E-state index is -3.60. The van der Waals surface area contributed by atoms with E-state index >= 15 is 0 Å². The van der Waals surface area contributed by atoms with Gasteiger partial charge >= 0.3 is 0 Å². The molecule has 2 aliphatic rings. The van der Waals surface area contributed by atoms with Gasteiger partial charge in [0, 0.05) is 36.1 Å². The van der Waals surface area contributed by atoms with E-state index in [1.54, 1.807) is 12.1 Å². The molecule has 0 radical (unpaired) electrons. The number of rotatable bonds is 6. The Hall–Kier alpha value is -2.42. The molecule has 29 heavy (non-hydrogen) atoms. The van der Waals surface area contributed by atoms with Crippen LogP contribution < -0.4 is 14.9 Å². The zero-order valence-corrected chi connectivity index (χ0v) is 17.2. The average Bonchev–Trinajstić information content (AvgIpc) is 3.53. The molecule has 7 nitrogen and oxygen atoms in total. The van der Waals surface area contributed by atoms with E-state index in [0.717, 1.165) is 37.2 Å². The Morgan fingerprint density at radius 2 is 1.86 bits per heavy atom. The number of aryl methyl sites for hydroxylation is 1. The smallest absolute Gasteiger partial charge is 0.255 e. The Morgan fingerprint density at radius 1 is 1.10 bits per heavy atom. The molecular formula is C21H25N3O4S. The molecule has 1 aliphatic carbocycles. The van der Waals surface area contributed by atoms with Crippen molar-refractivity contribution < 1.29 is 17.9 Å². The first kappa shape index (κ1) is 19.9. The third-order valence-corrected chi connectivity index (χ3v) is 6.66. The molecule has 1 amide bonds. The molecule has 2 N–H and O–H groups in total. The fraction of sp³-hybridized carbons (Fsp3) is 0.381. The molecule has 0 aromatic heterocycles. The van der Waals surface area contributed by atoms with Gasteiger partial charge in [-0.25, -0.2) is 13.1 Å². The van der Waals surface area contributed by atoms with Crippen molar-refractivity contribution >= 4 is 27.3 Å². The molecule has 2 aromatic carbocycles. The average molecular weight is 416 g/mol. The number of amides is 1. The predicted octanol–water partition coefficient (Wildman–Crippen LogP) is 2.52. The summed E-state index contributed by atoms with van der Waals surface area (Å²) in [5, 5.41) is 2.89. The molecule has 8 heteroatoms. The summed E-state index contributed by atoms with van der Waals surface area (Å²) >= 11 is 0. The molecule has 4 rings (SSSR count). The lowest BCUT2D eigenvalue weighted by molar-refractivity contribution is 0.102. The van der Waals surface area contributed by atoms with Gasteiger partial charge in [-0.1, -0.05) is 6.07 Å². The molecule has 0 bridgehead atoms. The Balaban J connectivity index is 1.48. The van der Waals surface area contributed by atoms with Crippen LogP contribution in [-0.2, 0) is 14.8 Å². The first-order chi connectivity index (χ1) is 13.9. The van der Waals surface area contributed by atoms with Crippen LogP contribution >= 0.6 is 0 Å². The van der Waals surface area contributed by atoms with Gasteiger partial charge in [-0.2, -0.15) is 0 Å². The van der Waals surface area contributed by atoms with Crippen molar-refractivity contribution in [2.75, 3.05) is 36.5 Å². The van der Waals surface area contributed by atoms with E-state index in [1.165, 1.54) is 12.1 Å². The van der Waals surface area contributed by atoms with Gasteiger partial charge < -0.3 is 15.0 Å². The first-order valence-corrected chi connectivity index (χ1v) is 11.3. The number of carbonyl (C=O) groups is 1. The maximum absolute atomic E-state index is 12.7. The van der Waals surface area contributed by atoms with Crippen LogP contribution in [0.3, 0.4) is 0 Å². The number of anilines is 2. The van der Waals surface area contributed by atoms with E-state index in [1.807, 2.05) is 25.1 Å². The maximum atomic E-state index is 12.7. The summed E-state index contributed by atoms with van der Waals surface area (Å²) in [6.07, 6.45) is 1.72. The van der Waals surface area contributed by atoms with Crippen LogP contribution in [-0.4, -0.2) is 46.7 Å². The minimum absolute atomic E-state index is 0.0186. The number of ether oxygens (including phenoxy) is 1. The highest BCUT2D eigenvalue weighted by Crippen LogP contribution is 2.25. The Labute approximate surface area is 171 Å². The number of nitrogens with zero attached hydrogens (tertiary/aromatic N) is 1. The van der Waals surface area contributed by atoms with Crippen LogP contribution in [0.15, 0.2) is 47.4 Å². The SMILES string of the molecule is Cc1cc(N2CCOCC2)ccc1NC(=O)c1cccc(S(=O)(=O)NC2CC2)c1. The van der Waals surface area contributed by atoms with E-state index < -0.39 is 10.0 Å². The van der Waals surface area contributed by atoms with Gasteiger partial charge in [0.1, 0.15) is 0 Å². The van der Waals surface area contributed by atoms with Gasteiger partial charge in [0.25, 0.3) is 5.91 Å². The number of hydrogen-bond acceptors (Lipinski definition) is 5. The second-order valence-corrected chi connectivity index (χ2v) is 9.19. The highest BCUT2D eigenvalue weighted by molar-refractivity contribution is 7.89. The fourth-order valence-corrected chi connectivity index (χ4v) is 4.64. The maximum Gasteiger partial charge on any atom is 0.255 e. The quantitative estimate of drug-likeness (QED) is 0.757. The standard InChI is InChI=1S/C21H25N3O4S/c1-15-13-18(24-9-11-28-12-10-24)7-8-20(15)22-21(25)16-3-2-4-19(14-16)29(26,27)23-17-5-6-17/h2-4,7-8,13-14,17,23H,5-6,9-12H2,1H3,(H,22,25). The van der Waals surface area contributed by atoms with Crippen LogP contribution in [0.5, 0.6) is 0 Å². The summed E-state index contributed by atoms with van der Waals surface area (Å²) in [5.41, 5.74) is 3.06. The summed E-state index contributed by atoms with van der Waals surface area (Å²) in [7, 11) is -3.60. The summed E-state index contributed by atoms with van der Waals surface area (Å²) in [4.78, 5) is 15.1. The molecule has 154 valence electrons. The van der Waals surface area contributed by atoms with Crippen molar-refractivity contribution in [2.24, 2.45) is 0 Å². The van der Waals surface area contributed by atoms with Gasteiger partial charge in [0.2, 0.25) is 10.0 Å². The summed E-state index contributed by atoms with van der Waals surface area (Å²) in [6, 6.07) is 12.0. The highest BCUT2D eigenvalue weighted by atomic mass is 32.2. The molecule has 0 unspecified atom stereocenters. The van der Waals surface area contributed by atoms with Gasteiger partial charge in [0.15, 0.2) is 0 Å². The zero-order valence-electron chi connectivity index (χ0n) is 16.3. The molecular weight excluding hydrogens is 390 g/mol. The van der Waals surface area contributed by atoms with Crippen LogP contribution in [0.1, 0.15) is 28.8 Å². The van der Waals surface area contributed by atoms with Crippen molar-refractivity contribution in [3.8, 4) is 0 Å². The number of hydrogen-bond donors (Lipinski definition) is 2. The van der Waals surface area contributed by atoms with E-state index in [4.69, 9.17) is 4.74 Å². The molecule has 0 spiro atoms. The second kappa shape index (κ2) is 8.14. The Kier molecular flexibility index (Phi) is 5.58. The topological polar surface area (TPSA) is 87.7 Å². The number of carbonyl (C=O) groups excluding carboxylic acids is 1. The van der Waals surface area contributed by atoms with Gasteiger partial charge in [-0.15, -0.1) is 0 Å². The summed E-state index contributed by atoms with van der Waals surface area (Å²) in [5.74, 6) is -0.337. The Bertz CT molecular complexity index is 1010. The van der Waals surface area contributed by atoms with E-state index in [2.05, 4.69) is 14.9 Å². The number of sulfonamides is 1. The minimum Gasteiger partial charge on any atom is -0.378 e. The molecule has 1 saturated heterocycles. The lowest BCUT2D eigenvalue weighted by Crippen LogP contribution is -2.36. The number of morpholine rings is 1. The van der Waals surface area contributed by atoms with Gasteiger partial charge in [-0.3, -0.25) is 4.79 Å². The van der Waals surface area contributed by atoms with E-state index in [-0.39, 0.29) is 16.8 Å². The summed E-state index contributed by atoms with van der Waals surface area (Å²) < 4.78 is 32.8. The molecule has 1 aliphatic heterocycles. The number of nitrogens with one attached hydrogen (secondary N) is 2. The third-order valence-electron chi connectivity index (χ3n) is 5.14. The lowest BCUT2D eigenvalue weighted by atomic mass is 10.1. The summed E-state index contributed by atoms with van der Waals surface area (Å²) in [6.45, 7) is 5.07. The van der Waals surface area contributed by atoms with Gasteiger partial charge in [0.05, 0.1) is 18.1 Å². The second-order valence-electron chi connectivity index (χ2n) is 7.48. The lowest BCUT2D eigenvalue weighted by Gasteiger charge is -2.29. The van der Waals surface area contributed by atoms with E-state index in [9.17, 15) is 13.2 Å². The van der Waals surface area contributed by atoms with Crippen molar-refractivity contribution in [1.29, 1.82) is 0 Å². The first-order valence-electron chi connectivity index (χ1n) is 9.79. The molecule has 1 heterocycles. The monoisotopic (exact) mass is 415 g/mol. The van der Waals surface area contributed by atoms with E-state index in [0.29, 0.717) is 24.5 Å².